The number of aromatic nitrogens is 1. The molecule has 3 heteroatoms. The Morgan fingerprint density at radius 2 is 1.00 bits per heavy atom. The smallest absolute Gasteiger partial charge is 0.0494 e. The molecule has 3 rings (SSSR count). The molecule has 176 valence electrons. The fraction of sp³-hybridized carbons (Fsp3) is 0.586. The Labute approximate surface area is 212 Å². The molecule has 3 aromatic rings. The third-order valence-electron chi connectivity index (χ3n) is 6.87. The molecule has 0 aliphatic heterocycles. The number of nitrogens with zero attached hydrogens (tertiary/aromatic N) is 1. The fourth-order valence-electron chi connectivity index (χ4n) is 5.11. The quantitative estimate of drug-likeness (QED) is 0.162. The highest BCUT2D eigenvalue weighted by Crippen LogP contribution is 2.38. The van der Waals surface area contributed by atoms with Gasteiger partial charge in [-0.2, -0.15) is 0 Å². The Hall–Kier alpha value is -0.800. The zero-order valence-electron chi connectivity index (χ0n) is 20.1. The summed E-state index contributed by atoms with van der Waals surface area (Å²) in [6.07, 6.45) is 19.1. The average molecular weight is 563 g/mol. The molecule has 0 amide bonds. The number of unbranched alkanes of at least 4 members (excludes halogenated alkanes) is 10. The Balaban J connectivity index is 1.83. The van der Waals surface area contributed by atoms with E-state index in [9.17, 15) is 0 Å². The third kappa shape index (κ3) is 7.10. The van der Waals surface area contributed by atoms with Gasteiger partial charge in [0.05, 0.1) is 0 Å². The highest BCUT2D eigenvalue weighted by molar-refractivity contribution is 9.10. The largest absolute Gasteiger partial charge is 0.337 e. The first kappa shape index (κ1) is 25.8. The van der Waals surface area contributed by atoms with Crippen LogP contribution in [-0.2, 0) is 0 Å². The maximum Gasteiger partial charge on any atom is 0.0494 e. The van der Waals surface area contributed by atoms with Crippen molar-refractivity contribution in [3.63, 3.8) is 0 Å². The van der Waals surface area contributed by atoms with Crippen molar-refractivity contribution in [2.24, 2.45) is 0 Å². The molecule has 0 saturated heterocycles. The van der Waals surface area contributed by atoms with Crippen molar-refractivity contribution in [2.75, 3.05) is 0 Å². The number of hydrogen-bond acceptors (Lipinski definition) is 0. The van der Waals surface area contributed by atoms with Gasteiger partial charge in [0.2, 0.25) is 0 Å². The number of hydrogen-bond donors (Lipinski definition) is 0. The van der Waals surface area contributed by atoms with Gasteiger partial charge in [-0.05, 0) is 49.2 Å². The van der Waals surface area contributed by atoms with Gasteiger partial charge in [-0.25, -0.2) is 0 Å². The second kappa shape index (κ2) is 13.8. The highest BCUT2D eigenvalue weighted by atomic mass is 79.9. The van der Waals surface area contributed by atoms with Crippen LogP contribution in [0.4, 0.5) is 0 Å². The van der Waals surface area contributed by atoms with Crippen LogP contribution in [-0.4, -0.2) is 4.57 Å². The second-order valence-electron chi connectivity index (χ2n) is 9.46. The molecule has 0 saturated carbocycles. The average Bonchev–Trinajstić information content (AvgIpc) is 3.09. The molecule has 0 fully saturated rings. The summed E-state index contributed by atoms with van der Waals surface area (Å²) >= 11 is 7.41. The minimum Gasteiger partial charge on any atom is -0.337 e. The van der Waals surface area contributed by atoms with E-state index in [1.165, 1.54) is 112 Å². The van der Waals surface area contributed by atoms with E-state index in [0.29, 0.717) is 6.04 Å². The first-order valence-electron chi connectivity index (χ1n) is 13.0. The molecule has 1 aromatic heterocycles. The first-order valence-corrected chi connectivity index (χ1v) is 14.6. The summed E-state index contributed by atoms with van der Waals surface area (Å²) < 4.78 is 5.00. The molecule has 0 aliphatic rings. The van der Waals surface area contributed by atoms with E-state index in [2.05, 4.69) is 86.7 Å². The summed E-state index contributed by atoms with van der Waals surface area (Å²) in [6.45, 7) is 4.60. The summed E-state index contributed by atoms with van der Waals surface area (Å²) in [5.41, 5.74) is 2.78. The van der Waals surface area contributed by atoms with Crippen molar-refractivity contribution in [3.05, 3.63) is 45.3 Å². The second-order valence-corrected chi connectivity index (χ2v) is 11.3. The molecular weight excluding hydrogens is 522 g/mol. The maximum absolute atomic E-state index is 3.71. The minimum atomic E-state index is 0.592. The number of halogens is 2. The summed E-state index contributed by atoms with van der Waals surface area (Å²) in [5, 5.41) is 2.73. The van der Waals surface area contributed by atoms with E-state index in [1.807, 2.05) is 0 Å². The summed E-state index contributed by atoms with van der Waals surface area (Å²) in [4.78, 5) is 0. The predicted octanol–water partition coefficient (Wildman–Crippen LogP) is 11.4. The molecule has 0 aliphatic carbocycles. The van der Waals surface area contributed by atoms with Crippen LogP contribution in [0.5, 0.6) is 0 Å². The SMILES string of the molecule is CCCCCCCCC(CCCCCCCC)n1c2ccc(Br)cc2c2cc(Br)ccc21. The van der Waals surface area contributed by atoms with Gasteiger partial charge >= 0.3 is 0 Å². The fourth-order valence-corrected chi connectivity index (χ4v) is 5.84. The van der Waals surface area contributed by atoms with Gasteiger partial charge in [0.15, 0.2) is 0 Å². The summed E-state index contributed by atoms with van der Waals surface area (Å²) in [7, 11) is 0. The monoisotopic (exact) mass is 561 g/mol. The van der Waals surface area contributed by atoms with Crippen LogP contribution in [0.1, 0.15) is 110 Å². The predicted molar refractivity (Wildman–Crippen MR) is 150 cm³/mol. The van der Waals surface area contributed by atoms with Crippen molar-refractivity contribution in [1.29, 1.82) is 0 Å². The van der Waals surface area contributed by atoms with Gasteiger partial charge in [0, 0.05) is 36.8 Å². The van der Waals surface area contributed by atoms with Gasteiger partial charge in [-0.15, -0.1) is 0 Å². The van der Waals surface area contributed by atoms with Gasteiger partial charge < -0.3 is 4.57 Å². The number of rotatable bonds is 15. The van der Waals surface area contributed by atoms with E-state index in [-0.39, 0.29) is 0 Å². The first-order chi connectivity index (χ1) is 15.7. The Kier molecular flexibility index (Phi) is 11.1. The van der Waals surface area contributed by atoms with E-state index in [0.717, 1.165) is 8.95 Å². The molecule has 0 spiro atoms. The lowest BCUT2D eigenvalue weighted by atomic mass is 9.99. The summed E-state index contributed by atoms with van der Waals surface area (Å²) in [5.74, 6) is 0. The molecule has 0 N–H and O–H groups in total. The molecule has 0 atom stereocenters. The molecule has 1 nitrogen and oxygen atoms in total. The Bertz CT molecular complexity index is 883. The van der Waals surface area contributed by atoms with Crippen molar-refractivity contribution in [3.8, 4) is 0 Å². The van der Waals surface area contributed by atoms with Crippen LogP contribution in [0.15, 0.2) is 45.3 Å². The minimum absolute atomic E-state index is 0.592. The van der Waals surface area contributed by atoms with E-state index >= 15 is 0 Å². The standard InChI is InChI=1S/C29H41Br2N/c1-3-5-7-9-11-13-15-25(16-14-12-10-8-6-4-2)32-28-19-17-23(30)21-26(28)27-22-24(31)18-20-29(27)32/h17-22,25H,3-16H2,1-2H3. The highest BCUT2D eigenvalue weighted by Gasteiger charge is 2.18. The van der Waals surface area contributed by atoms with Crippen LogP contribution in [0, 0.1) is 0 Å². The van der Waals surface area contributed by atoms with Gasteiger partial charge in [0.1, 0.15) is 0 Å². The van der Waals surface area contributed by atoms with Crippen LogP contribution in [0.3, 0.4) is 0 Å². The normalized spacial score (nSPS) is 11.9. The van der Waals surface area contributed by atoms with Crippen molar-refractivity contribution >= 4 is 53.7 Å². The molecule has 0 bridgehead atoms. The lowest BCUT2D eigenvalue weighted by molar-refractivity contribution is 0.410. The van der Waals surface area contributed by atoms with Crippen molar-refractivity contribution in [2.45, 2.75) is 110 Å². The third-order valence-corrected chi connectivity index (χ3v) is 7.86. The van der Waals surface area contributed by atoms with Crippen LogP contribution in [0.2, 0.25) is 0 Å². The lowest BCUT2D eigenvalue weighted by Gasteiger charge is -2.22. The van der Waals surface area contributed by atoms with E-state index < -0.39 is 0 Å². The molecule has 1 heterocycles. The van der Waals surface area contributed by atoms with Crippen LogP contribution >= 0.6 is 31.9 Å². The van der Waals surface area contributed by atoms with Crippen molar-refractivity contribution < 1.29 is 0 Å². The topological polar surface area (TPSA) is 4.93 Å². The number of fused-ring (bicyclic) bond motifs is 3. The molecular formula is C29H41Br2N. The molecule has 32 heavy (non-hydrogen) atoms. The van der Waals surface area contributed by atoms with Gasteiger partial charge in [0.25, 0.3) is 0 Å². The molecule has 0 unspecified atom stereocenters. The van der Waals surface area contributed by atoms with Crippen molar-refractivity contribution in [1.82, 2.24) is 4.57 Å². The van der Waals surface area contributed by atoms with Gasteiger partial charge in [-0.1, -0.05) is 123 Å². The zero-order chi connectivity index (χ0) is 22.8. The summed E-state index contributed by atoms with van der Waals surface area (Å²) in [6, 6.07) is 14.2. The van der Waals surface area contributed by atoms with E-state index in [4.69, 9.17) is 0 Å². The Morgan fingerprint density at radius 1 is 0.594 bits per heavy atom. The lowest BCUT2D eigenvalue weighted by Crippen LogP contribution is -2.09. The van der Waals surface area contributed by atoms with Crippen LogP contribution in [0.25, 0.3) is 21.8 Å². The number of benzene rings is 2. The molecule has 0 radical (unpaired) electrons. The molecule has 2 aromatic carbocycles. The van der Waals surface area contributed by atoms with Crippen LogP contribution < -0.4 is 0 Å². The maximum atomic E-state index is 3.71. The Morgan fingerprint density at radius 3 is 1.44 bits per heavy atom. The van der Waals surface area contributed by atoms with E-state index in [1.54, 1.807) is 0 Å². The zero-order valence-corrected chi connectivity index (χ0v) is 23.3. The van der Waals surface area contributed by atoms with Gasteiger partial charge in [-0.3, -0.25) is 0 Å².